The van der Waals surface area contributed by atoms with Crippen molar-refractivity contribution in [1.82, 2.24) is 0 Å². The van der Waals surface area contributed by atoms with Gasteiger partial charge in [0.1, 0.15) is 0 Å². The lowest BCUT2D eigenvalue weighted by Crippen LogP contribution is -2.21. The van der Waals surface area contributed by atoms with Crippen molar-refractivity contribution in [2.24, 2.45) is 5.73 Å². The van der Waals surface area contributed by atoms with Gasteiger partial charge in [0.15, 0.2) is 0 Å². The Morgan fingerprint density at radius 1 is 0.684 bits per heavy atom. The molecule has 0 aliphatic carbocycles. The Bertz CT molecular complexity index is 398. The van der Waals surface area contributed by atoms with E-state index in [1.807, 2.05) is 0 Å². The highest BCUT2D eigenvalue weighted by atomic mass is 35.5. The molecular formula is C17H22ClN. The highest BCUT2D eigenvalue weighted by Crippen LogP contribution is 2.09. The Morgan fingerprint density at radius 3 is 1.42 bits per heavy atom. The molecular weight excluding hydrogens is 254 g/mol. The normalized spacial score (nSPS) is 10.2. The van der Waals surface area contributed by atoms with Crippen molar-refractivity contribution in [2.45, 2.75) is 31.7 Å². The minimum absolute atomic E-state index is 0. The number of nitrogens with two attached hydrogens (primary N) is 1. The average Bonchev–Trinajstić information content (AvgIpc) is 2.45. The van der Waals surface area contributed by atoms with Crippen molar-refractivity contribution < 1.29 is 0 Å². The van der Waals surface area contributed by atoms with Crippen LogP contribution in [0.5, 0.6) is 0 Å². The van der Waals surface area contributed by atoms with E-state index >= 15 is 0 Å². The van der Waals surface area contributed by atoms with Gasteiger partial charge < -0.3 is 5.73 Å². The third-order valence-corrected chi connectivity index (χ3v) is 3.29. The predicted molar refractivity (Wildman–Crippen MR) is 84.7 cm³/mol. The van der Waals surface area contributed by atoms with Crippen LogP contribution < -0.4 is 5.73 Å². The second-order valence-corrected chi connectivity index (χ2v) is 4.81. The van der Waals surface area contributed by atoms with E-state index in [2.05, 4.69) is 60.7 Å². The SMILES string of the molecule is Cl.NC(CCc1ccccc1)CCc1ccccc1. The maximum atomic E-state index is 6.17. The van der Waals surface area contributed by atoms with Gasteiger partial charge in [0.05, 0.1) is 0 Å². The summed E-state index contributed by atoms with van der Waals surface area (Å²) in [4.78, 5) is 0. The Morgan fingerprint density at radius 2 is 1.05 bits per heavy atom. The maximum absolute atomic E-state index is 6.17. The molecule has 0 amide bonds. The molecule has 0 atom stereocenters. The van der Waals surface area contributed by atoms with Crippen molar-refractivity contribution in [1.29, 1.82) is 0 Å². The molecule has 102 valence electrons. The van der Waals surface area contributed by atoms with Gasteiger partial charge in [-0.25, -0.2) is 0 Å². The second-order valence-electron chi connectivity index (χ2n) is 4.81. The molecule has 0 fully saturated rings. The van der Waals surface area contributed by atoms with Crippen molar-refractivity contribution >= 4 is 12.4 Å². The molecule has 1 nitrogen and oxygen atoms in total. The van der Waals surface area contributed by atoms with E-state index in [-0.39, 0.29) is 12.4 Å². The summed E-state index contributed by atoms with van der Waals surface area (Å²) in [5.41, 5.74) is 8.93. The van der Waals surface area contributed by atoms with Crippen molar-refractivity contribution in [3.8, 4) is 0 Å². The molecule has 0 saturated carbocycles. The fourth-order valence-electron chi connectivity index (χ4n) is 2.14. The lowest BCUT2D eigenvalue weighted by atomic mass is 10.00. The fraction of sp³-hybridized carbons (Fsp3) is 0.294. The van der Waals surface area contributed by atoms with Gasteiger partial charge in [-0.15, -0.1) is 12.4 Å². The third-order valence-electron chi connectivity index (χ3n) is 3.29. The van der Waals surface area contributed by atoms with Crippen LogP contribution >= 0.6 is 12.4 Å². The highest BCUT2D eigenvalue weighted by molar-refractivity contribution is 5.85. The van der Waals surface area contributed by atoms with Crippen LogP contribution in [0.25, 0.3) is 0 Å². The highest BCUT2D eigenvalue weighted by Gasteiger charge is 2.03. The number of hydrogen-bond acceptors (Lipinski definition) is 1. The van der Waals surface area contributed by atoms with Crippen LogP contribution in [-0.2, 0) is 12.8 Å². The molecule has 0 unspecified atom stereocenters. The van der Waals surface area contributed by atoms with Gasteiger partial charge in [-0.1, -0.05) is 60.7 Å². The summed E-state index contributed by atoms with van der Waals surface area (Å²) >= 11 is 0. The smallest absolute Gasteiger partial charge is 0.00451 e. The molecule has 0 aliphatic heterocycles. The van der Waals surface area contributed by atoms with Gasteiger partial charge in [-0.2, -0.15) is 0 Å². The third kappa shape index (κ3) is 5.91. The summed E-state index contributed by atoms with van der Waals surface area (Å²) < 4.78 is 0. The van der Waals surface area contributed by atoms with Gasteiger partial charge in [0, 0.05) is 6.04 Å². The zero-order chi connectivity index (χ0) is 12.6. The molecule has 2 N–H and O–H groups in total. The molecule has 2 rings (SSSR count). The van der Waals surface area contributed by atoms with Gasteiger partial charge in [0.25, 0.3) is 0 Å². The molecule has 0 aliphatic rings. The Kier molecular flexibility index (Phi) is 7.24. The van der Waals surface area contributed by atoms with E-state index in [9.17, 15) is 0 Å². The maximum Gasteiger partial charge on any atom is 0.00451 e. The van der Waals surface area contributed by atoms with Crippen LogP contribution in [0.15, 0.2) is 60.7 Å². The second kappa shape index (κ2) is 8.73. The summed E-state index contributed by atoms with van der Waals surface area (Å²) in [5, 5.41) is 0. The minimum atomic E-state index is 0. The van der Waals surface area contributed by atoms with Crippen molar-refractivity contribution in [3.05, 3.63) is 71.8 Å². The number of aryl methyl sites for hydroxylation is 2. The molecule has 0 saturated heterocycles. The van der Waals surface area contributed by atoms with Gasteiger partial charge in [0.2, 0.25) is 0 Å². The predicted octanol–water partition coefficient (Wildman–Crippen LogP) is 4.00. The van der Waals surface area contributed by atoms with Crippen LogP contribution in [-0.4, -0.2) is 6.04 Å². The Labute approximate surface area is 122 Å². The van der Waals surface area contributed by atoms with Crippen LogP contribution in [0.4, 0.5) is 0 Å². The van der Waals surface area contributed by atoms with Crippen molar-refractivity contribution in [3.63, 3.8) is 0 Å². The largest absolute Gasteiger partial charge is 0.328 e. The first kappa shape index (κ1) is 15.7. The molecule has 2 aromatic rings. The number of halogens is 1. The quantitative estimate of drug-likeness (QED) is 0.847. The van der Waals surface area contributed by atoms with E-state index in [0.29, 0.717) is 6.04 Å². The summed E-state index contributed by atoms with van der Waals surface area (Å²) in [7, 11) is 0. The van der Waals surface area contributed by atoms with Gasteiger partial charge in [-0.3, -0.25) is 0 Å². The Balaban J connectivity index is 0.00000180. The molecule has 0 radical (unpaired) electrons. The average molecular weight is 276 g/mol. The number of rotatable bonds is 6. The van der Waals surface area contributed by atoms with Crippen LogP contribution in [0, 0.1) is 0 Å². The first-order valence-electron chi connectivity index (χ1n) is 6.68. The Hall–Kier alpha value is -1.31. The number of benzene rings is 2. The first-order chi connectivity index (χ1) is 8.84. The molecule has 0 aromatic heterocycles. The lowest BCUT2D eigenvalue weighted by molar-refractivity contribution is 0.569. The standard InChI is InChI=1S/C17H21N.ClH/c18-17(13-11-15-7-3-1-4-8-15)14-12-16-9-5-2-6-10-16;/h1-10,17H,11-14,18H2;1H. The first-order valence-corrected chi connectivity index (χ1v) is 6.68. The summed E-state index contributed by atoms with van der Waals surface area (Å²) in [6, 6.07) is 21.4. The summed E-state index contributed by atoms with van der Waals surface area (Å²) in [6.45, 7) is 0. The molecule has 2 heteroatoms. The molecule has 0 spiro atoms. The summed E-state index contributed by atoms with van der Waals surface area (Å²) in [5.74, 6) is 0. The lowest BCUT2D eigenvalue weighted by Gasteiger charge is -2.11. The van der Waals surface area contributed by atoms with E-state index in [4.69, 9.17) is 5.73 Å². The van der Waals surface area contributed by atoms with E-state index < -0.39 is 0 Å². The zero-order valence-corrected chi connectivity index (χ0v) is 12.0. The van der Waals surface area contributed by atoms with Gasteiger partial charge in [-0.05, 0) is 36.8 Å². The van der Waals surface area contributed by atoms with Crippen LogP contribution in [0.1, 0.15) is 24.0 Å². The van der Waals surface area contributed by atoms with E-state index in [0.717, 1.165) is 25.7 Å². The van der Waals surface area contributed by atoms with Crippen LogP contribution in [0.2, 0.25) is 0 Å². The van der Waals surface area contributed by atoms with E-state index in [1.165, 1.54) is 11.1 Å². The number of hydrogen-bond donors (Lipinski definition) is 1. The van der Waals surface area contributed by atoms with Crippen molar-refractivity contribution in [2.75, 3.05) is 0 Å². The van der Waals surface area contributed by atoms with Crippen LogP contribution in [0.3, 0.4) is 0 Å². The minimum Gasteiger partial charge on any atom is -0.328 e. The summed E-state index contributed by atoms with van der Waals surface area (Å²) in [6.07, 6.45) is 4.29. The molecule has 2 aromatic carbocycles. The monoisotopic (exact) mass is 275 g/mol. The molecule has 0 heterocycles. The topological polar surface area (TPSA) is 26.0 Å². The molecule has 19 heavy (non-hydrogen) atoms. The fourth-order valence-corrected chi connectivity index (χ4v) is 2.14. The zero-order valence-electron chi connectivity index (χ0n) is 11.2. The van der Waals surface area contributed by atoms with Gasteiger partial charge >= 0.3 is 0 Å². The van der Waals surface area contributed by atoms with E-state index in [1.54, 1.807) is 0 Å². The molecule has 0 bridgehead atoms.